The van der Waals surface area contributed by atoms with E-state index in [0.29, 0.717) is 34.9 Å². The lowest BCUT2D eigenvalue weighted by Gasteiger charge is -2.02. The third-order valence-electron chi connectivity index (χ3n) is 2.76. The second kappa shape index (κ2) is 4.61. The minimum absolute atomic E-state index is 0.168. The molecule has 0 aliphatic carbocycles. The summed E-state index contributed by atoms with van der Waals surface area (Å²) in [6.07, 6.45) is 1.58. The fourth-order valence-corrected chi connectivity index (χ4v) is 1.87. The molecule has 3 aromatic rings. The molecular formula is C14H12N2O3. The highest BCUT2D eigenvalue weighted by atomic mass is 16.3. The number of nitrogens with zero attached hydrogens (tertiary/aromatic N) is 1. The molecule has 0 atom stereocenters. The molecule has 0 unspecified atom stereocenters. The number of carbonyl (C=O) groups is 1. The van der Waals surface area contributed by atoms with Gasteiger partial charge in [-0.05, 0) is 30.3 Å². The smallest absolute Gasteiger partial charge is 0.251 e. The van der Waals surface area contributed by atoms with Crippen LogP contribution in [0.4, 0.5) is 0 Å². The van der Waals surface area contributed by atoms with Gasteiger partial charge in [0, 0.05) is 12.5 Å². The van der Waals surface area contributed by atoms with Crippen molar-refractivity contribution in [2.45, 2.75) is 13.5 Å². The predicted molar refractivity (Wildman–Crippen MR) is 68.6 cm³/mol. The van der Waals surface area contributed by atoms with E-state index in [1.165, 1.54) is 0 Å². The Balaban J connectivity index is 1.77. The first-order chi connectivity index (χ1) is 9.22. The maximum atomic E-state index is 12.0. The van der Waals surface area contributed by atoms with E-state index in [9.17, 15) is 4.79 Å². The van der Waals surface area contributed by atoms with Gasteiger partial charge in [-0.25, -0.2) is 4.98 Å². The van der Waals surface area contributed by atoms with E-state index in [2.05, 4.69) is 10.3 Å². The van der Waals surface area contributed by atoms with Gasteiger partial charge in [-0.3, -0.25) is 4.79 Å². The number of carbonyl (C=O) groups excluding carboxylic acids is 1. The van der Waals surface area contributed by atoms with Crippen molar-refractivity contribution in [3.05, 3.63) is 53.8 Å². The lowest BCUT2D eigenvalue weighted by molar-refractivity contribution is 0.0948. The minimum atomic E-state index is -0.168. The number of hydrogen-bond acceptors (Lipinski definition) is 4. The van der Waals surface area contributed by atoms with Crippen LogP contribution < -0.4 is 5.32 Å². The maximum absolute atomic E-state index is 12.0. The molecule has 19 heavy (non-hydrogen) atoms. The zero-order chi connectivity index (χ0) is 13.2. The fourth-order valence-electron chi connectivity index (χ4n) is 1.87. The number of fused-ring (bicyclic) bond motifs is 1. The van der Waals surface area contributed by atoms with Crippen molar-refractivity contribution in [1.29, 1.82) is 0 Å². The number of benzene rings is 1. The Morgan fingerprint density at radius 2 is 2.26 bits per heavy atom. The summed E-state index contributed by atoms with van der Waals surface area (Å²) in [4.78, 5) is 16.2. The van der Waals surface area contributed by atoms with Crippen LogP contribution >= 0.6 is 0 Å². The lowest BCUT2D eigenvalue weighted by Crippen LogP contribution is -2.22. The molecule has 1 amide bonds. The van der Waals surface area contributed by atoms with E-state index in [0.717, 1.165) is 0 Å². The zero-order valence-electron chi connectivity index (χ0n) is 10.3. The number of oxazole rings is 1. The largest absolute Gasteiger partial charge is 0.467 e. The summed E-state index contributed by atoms with van der Waals surface area (Å²) in [5, 5.41) is 2.78. The van der Waals surface area contributed by atoms with Crippen molar-refractivity contribution in [2.75, 3.05) is 0 Å². The van der Waals surface area contributed by atoms with E-state index in [4.69, 9.17) is 8.83 Å². The quantitative estimate of drug-likeness (QED) is 0.782. The SMILES string of the molecule is Cc1nc2cc(C(=O)NCc3ccco3)ccc2o1. The van der Waals surface area contributed by atoms with Crippen molar-refractivity contribution < 1.29 is 13.6 Å². The first-order valence-corrected chi connectivity index (χ1v) is 5.90. The third-order valence-corrected chi connectivity index (χ3v) is 2.76. The van der Waals surface area contributed by atoms with Crippen LogP contribution in [0.5, 0.6) is 0 Å². The summed E-state index contributed by atoms with van der Waals surface area (Å²) in [6.45, 7) is 2.14. The lowest BCUT2D eigenvalue weighted by atomic mass is 10.2. The molecule has 0 saturated carbocycles. The number of hydrogen-bond donors (Lipinski definition) is 1. The molecule has 0 fully saturated rings. The van der Waals surface area contributed by atoms with Gasteiger partial charge in [0.2, 0.25) is 0 Å². The van der Waals surface area contributed by atoms with Crippen LogP contribution in [0.1, 0.15) is 22.0 Å². The molecule has 96 valence electrons. The third kappa shape index (κ3) is 2.35. The minimum Gasteiger partial charge on any atom is -0.467 e. The number of rotatable bonds is 3. The van der Waals surface area contributed by atoms with Crippen LogP contribution in [-0.4, -0.2) is 10.9 Å². The summed E-state index contributed by atoms with van der Waals surface area (Å²) >= 11 is 0. The zero-order valence-corrected chi connectivity index (χ0v) is 10.3. The molecule has 0 aliphatic rings. The van der Waals surface area contributed by atoms with Gasteiger partial charge in [-0.15, -0.1) is 0 Å². The predicted octanol–water partition coefficient (Wildman–Crippen LogP) is 2.66. The molecule has 0 spiro atoms. The molecule has 5 heteroatoms. The summed E-state index contributed by atoms with van der Waals surface area (Å²) in [5.41, 5.74) is 1.91. The van der Waals surface area contributed by atoms with Crippen LogP contribution in [0, 0.1) is 6.92 Å². The second-order valence-electron chi connectivity index (χ2n) is 4.18. The summed E-state index contributed by atoms with van der Waals surface area (Å²) in [6, 6.07) is 8.76. The average Bonchev–Trinajstić information content (AvgIpc) is 3.02. The van der Waals surface area contributed by atoms with E-state index in [1.54, 1.807) is 37.5 Å². The van der Waals surface area contributed by atoms with Crippen LogP contribution in [0.25, 0.3) is 11.1 Å². The topological polar surface area (TPSA) is 68.3 Å². The Morgan fingerprint density at radius 1 is 1.37 bits per heavy atom. The number of aromatic nitrogens is 1. The average molecular weight is 256 g/mol. The monoisotopic (exact) mass is 256 g/mol. The Labute approximate surface area is 109 Å². The molecule has 5 nitrogen and oxygen atoms in total. The molecule has 2 aromatic heterocycles. The fraction of sp³-hybridized carbons (Fsp3) is 0.143. The van der Waals surface area contributed by atoms with Gasteiger partial charge >= 0.3 is 0 Å². The van der Waals surface area contributed by atoms with Crippen LogP contribution in [-0.2, 0) is 6.54 Å². The number of furan rings is 1. The molecule has 0 saturated heterocycles. The normalized spacial score (nSPS) is 10.8. The summed E-state index contributed by atoms with van der Waals surface area (Å²) < 4.78 is 10.5. The Kier molecular flexibility index (Phi) is 2.79. The number of amides is 1. The van der Waals surface area contributed by atoms with E-state index >= 15 is 0 Å². The molecule has 1 aromatic carbocycles. The molecule has 3 rings (SSSR count). The van der Waals surface area contributed by atoms with Gasteiger partial charge in [0.05, 0.1) is 12.8 Å². The second-order valence-corrected chi connectivity index (χ2v) is 4.18. The highest BCUT2D eigenvalue weighted by Gasteiger charge is 2.09. The molecular weight excluding hydrogens is 244 g/mol. The first-order valence-electron chi connectivity index (χ1n) is 5.90. The van der Waals surface area contributed by atoms with Crippen LogP contribution in [0.2, 0.25) is 0 Å². The molecule has 0 aliphatic heterocycles. The Hall–Kier alpha value is -2.56. The van der Waals surface area contributed by atoms with Crippen molar-refractivity contribution in [1.82, 2.24) is 10.3 Å². The van der Waals surface area contributed by atoms with E-state index in [-0.39, 0.29) is 5.91 Å². The maximum Gasteiger partial charge on any atom is 0.251 e. The summed E-state index contributed by atoms with van der Waals surface area (Å²) in [7, 11) is 0. The molecule has 1 N–H and O–H groups in total. The van der Waals surface area contributed by atoms with Crippen LogP contribution in [0.15, 0.2) is 45.4 Å². The van der Waals surface area contributed by atoms with Crippen LogP contribution in [0.3, 0.4) is 0 Å². The highest BCUT2D eigenvalue weighted by molar-refractivity contribution is 5.97. The van der Waals surface area contributed by atoms with Gasteiger partial charge in [-0.1, -0.05) is 0 Å². The molecule has 0 radical (unpaired) electrons. The van der Waals surface area contributed by atoms with E-state index in [1.807, 2.05) is 6.07 Å². The number of nitrogens with one attached hydrogen (secondary N) is 1. The standard InChI is InChI=1S/C14H12N2O3/c1-9-16-12-7-10(4-5-13(12)19-9)14(17)15-8-11-3-2-6-18-11/h2-7H,8H2,1H3,(H,15,17). The highest BCUT2D eigenvalue weighted by Crippen LogP contribution is 2.16. The number of aryl methyl sites for hydroxylation is 1. The summed E-state index contributed by atoms with van der Waals surface area (Å²) in [5.74, 6) is 1.13. The molecule has 2 heterocycles. The van der Waals surface area contributed by atoms with Gasteiger partial charge in [-0.2, -0.15) is 0 Å². The Morgan fingerprint density at radius 3 is 3.05 bits per heavy atom. The van der Waals surface area contributed by atoms with Crippen molar-refractivity contribution >= 4 is 17.0 Å². The Bertz CT molecular complexity index is 713. The first kappa shape index (κ1) is 11.5. The molecule has 0 bridgehead atoms. The van der Waals surface area contributed by atoms with E-state index < -0.39 is 0 Å². The van der Waals surface area contributed by atoms with Crippen molar-refractivity contribution in [3.8, 4) is 0 Å². The van der Waals surface area contributed by atoms with Gasteiger partial charge < -0.3 is 14.2 Å². The van der Waals surface area contributed by atoms with Gasteiger partial charge in [0.25, 0.3) is 5.91 Å². The van der Waals surface area contributed by atoms with Crippen molar-refractivity contribution in [3.63, 3.8) is 0 Å². The van der Waals surface area contributed by atoms with Crippen molar-refractivity contribution in [2.24, 2.45) is 0 Å². The van der Waals surface area contributed by atoms with Gasteiger partial charge in [0.15, 0.2) is 11.5 Å². The van der Waals surface area contributed by atoms with Gasteiger partial charge in [0.1, 0.15) is 11.3 Å².